The molecule has 106 valence electrons. The van der Waals surface area contributed by atoms with E-state index in [0.717, 1.165) is 32.8 Å². The Balaban J connectivity index is 1.44. The van der Waals surface area contributed by atoms with Crippen molar-refractivity contribution in [2.75, 3.05) is 5.43 Å². The van der Waals surface area contributed by atoms with Crippen LogP contribution < -0.4 is 5.43 Å². The number of furan rings is 1. The van der Waals surface area contributed by atoms with Gasteiger partial charge in [0.2, 0.25) is 5.13 Å². The van der Waals surface area contributed by atoms with E-state index in [1.807, 2.05) is 30.3 Å². The maximum Gasteiger partial charge on any atom is 0.204 e. The highest BCUT2D eigenvalue weighted by molar-refractivity contribution is 7.22. The molecule has 2 aromatic heterocycles. The van der Waals surface area contributed by atoms with E-state index in [1.54, 1.807) is 17.6 Å². The van der Waals surface area contributed by atoms with Crippen molar-refractivity contribution in [2.45, 2.75) is 19.3 Å². The minimum atomic E-state index is 0.601. The van der Waals surface area contributed by atoms with Gasteiger partial charge in [-0.3, -0.25) is 5.43 Å². The number of hydrogen-bond donors (Lipinski definition) is 1. The fourth-order valence-corrected chi connectivity index (χ4v) is 3.24. The molecule has 0 spiro atoms. The quantitative estimate of drug-likeness (QED) is 0.571. The van der Waals surface area contributed by atoms with E-state index in [9.17, 15) is 0 Å². The van der Waals surface area contributed by atoms with Gasteiger partial charge in [-0.25, -0.2) is 4.98 Å². The molecule has 1 N–H and O–H groups in total. The normalized spacial score (nSPS) is 21.2. The lowest BCUT2D eigenvalue weighted by atomic mass is 10.3. The molecule has 3 aromatic rings. The SMILES string of the molecule is C[C@@H]1C[C@H]1c1ccc(/C=N\Nc2nc3ccccc3s2)o1. The summed E-state index contributed by atoms with van der Waals surface area (Å²) in [5.74, 6) is 3.20. The summed E-state index contributed by atoms with van der Waals surface area (Å²) in [4.78, 5) is 4.46. The van der Waals surface area contributed by atoms with Crippen molar-refractivity contribution in [3.05, 3.63) is 47.9 Å². The number of hydrazone groups is 1. The Hall–Kier alpha value is -2.14. The Morgan fingerprint density at radius 3 is 3.00 bits per heavy atom. The van der Waals surface area contributed by atoms with E-state index >= 15 is 0 Å². The second-order valence-electron chi connectivity index (χ2n) is 5.42. The summed E-state index contributed by atoms with van der Waals surface area (Å²) in [6.45, 7) is 2.25. The lowest BCUT2D eigenvalue weighted by molar-refractivity contribution is 0.500. The van der Waals surface area contributed by atoms with Gasteiger partial charge in [0.1, 0.15) is 11.5 Å². The summed E-state index contributed by atoms with van der Waals surface area (Å²) in [5.41, 5.74) is 3.95. The Labute approximate surface area is 126 Å². The number of thiazole rings is 1. The molecule has 21 heavy (non-hydrogen) atoms. The molecule has 1 aliphatic carbocycles. The van der Waals surface area contributed by atoms with Crippen molar-refractivity contribution in [3.8, 4) is 0 Å². The molecular formula is C16H15N3OS. The summed E-state index contributed by atoms with van der Waals surface area (Å²) in [6.07, 6.45) is 2.93. The van der Waals surface area contributed by atoms with Crippen LogP contribution in [0.5, 0.6) is 0 Å². The minimum absolute atomic E-state index is 0.601. The first-order chi connectivity index (χ1) is 10.3. The van der Waals surface area contributed by atoms with E-state index < -0.39 is 0 Å². The molecule has 1 fully saturated rings. The zero-order valence-corrected chi connectivity index (χ0v) is 12.4. The largest absolute Gasteiger partial charge is 0.460 e. The van der Waals surface area contributed by atoms with Gasteiger partial charge < -0.3 is 4.42 Å². The van der Waals surface area contributed by atoms with E-state index in [2.05, 4.69) is 28.5 Å². The number of fused-ring (bicyclic) bond motifs is 1. The molecule has 0 radical (unpaired) electrons. The number of hydrogen-bond acceptors (Lipinski definition) is 5. The molecule has 2 heterocycles. The zero-order valence-electron chi connectivity index (χ0n) is 11.6. The van der Waals surface area contributed by atoms with Gasteiger partial charge in [-0.1, -0.05) is 30.4 Å². The molecule has 1 aromatic carbocycles. The molecule has 1 aliphatic rings. The first-order valence-corrected chi connectivity index (χ1v) is 7.85. The highest BCUT2D eigenvalue weighted by Crippen LogP contribution is 2.47. The molecule has 0 bridgehead atoms. The number of benzene rings is 1. The van der Waals surface area contributed by atoms with Crippen LogP contribution in [0.3, 0.4) is 0 Å². The van der Waals surface area contributed by atoms with Crippen LogP contribution in [-0.4, -0.2) is 11.2 Å². The molecule has 2 atom stereocenters. The molecule has 1 saturated carbocycles. The average molecular weight is 297 g/mol. The van der Waals surface area contributed by atoms with Gasteiger partial charge in [-0.05, 0) is 36.6 Å². The van der Waals surface area contributed by atoms with Crippen molar-refractivity contribution >= 4 is 32.9 Å². The van der Waals surface area contributed by atoms with Crippen LogP contribution in [0.15, 0.2) is 45.9 Å². The van der Waals surface area contributed by atoms with Crippen molar-refractivity contribution < 1.29 is 4.42 Å². The number of nitrogens with one attached hydrogen (secondary N) is 1. The van der Waals surface area contributed by atoms with E-state index in [-0.39, 0.29) is 0 Å². The smallest absolute Gasteiger partial charge is 0.204 e. The Bertz CT molecular complexity index is 772. The van der Waals surface area contributed by atoms with Crippen LogP contribution in [0.4, 0.5) is 5.13 Å². The number of anilines is 1. The maximum atomic E-state index is 5.77. The topological polar surface area (TPSA) is 50.4 Å². The zero-order chi connectivity index (χ0) is 14.2. The van der Waals surface area contributed by atoms with E-state index in [4.69, 9.17) is 4.42 Å². The standard InChI is InChI=1S/C16H15N3OS/c1-10-8-12(10)14-7-6-11(20-14)9-17-19-16-18-13-4-2-3-5-15(13)21-16/h2-7,9-10,12H,8H2,1H3,(H,18,19)/b17-9-/t10-,12-/m1/s1. The molecule has 0 aliphatic heterocycles. The fourth-order valence-electron chi connectivity index (χ4n) is 2.43. The highest BCUT2D eigenvalue weighted by Gasteiger charge is 2.36. The first kappa shape index (κ1) is 12.6. The van der Waals surface area contributed by atoms with Crippen LogP contribution in [0.1, 0.15) is 30.8 Å². The van der Waals surface area contributed by atoms with Crippen LogP contribution in [-0.2, 0) is 0 Å². The lowest BCUT2D eigenvalue weighted by Gasteiger charge is -1.92. The van der Waals surface area contributed by atoms with Crippen LogP contribution in [0, 0.1) is 5.92 Å². The minimum Gasteiger partial charge on any atom is -0.460 e. The molecule has 0 unspecified atom stereocenters. The number of nitrogens with zero attached hydrogens (tertiary/aromatic N) is 2. The predicted molar refractivity (Wildman–Crippen MR) is 86.1 cm³/mol. The third-order valence-corrected chi connectivity index (χ3v) is 4.71. The molecule has 0 saturated heterocycles. The van der Waals surface area contributed by atoms with Gasteiger partial charge in [0.15, 0.2) is 0 Å². The van der Waals surface area contributed by atoms with E-state index in [0.29, 0.717) is 5.92 Å². The van der Waals surface area contributed by atoms with Gasteiger partial charge in [0.05, 0.1) is 16.4 Å². The molecule has 0 amide bonds. The Kier molecular flexibility index (Phi) is 3.00. The third kappa shape index (κ3) is 2.56. The van der Waals surface area contributed by atoms with Crippen LogP contribution >= 0.6 is 11.3 Å². The van der Waals surface area contributed by atoms with Crippen molar-refractivity contribution in [3.63, 3.8) is 0 Å². The number of aromatic nitrogens is 1. The molecule has 4 rings (SSSR count). The Morgan fingerprint density at radius 2 is 2.19 bits per heavy atom. The van der Waals surface area contributed by atoms with Gasteiger partial charge in [0.25, 0.3) is 0 Å². The van der Waals surface area contributed by atoms with Crippen LogP contribution in [0.2, 0.25) is 0 Å². The number of para-hydroxylation sites is 1. The van der Waals surface area contributed by atoms with Crippen molar-refractivity contribution in [1.82, 2.24) is 4.98 Å². The summed E-state index contributed by atoms with van der Waals surface area (Å²) < 4.78 is 6.92. The summed E-state index contributed by atoms with van der Waals surface area (Å²) >= 11 is 1.59. The molecule has 5 heteroatoms. The van der Waals surface area contributed by atoms with Gasteiger partial charge >= 0.3 is 0 Å². The van der Waals surface area contributed by atoms with Crippen LogP contribution in [0.25, 0.3) is 10.2 Å². The third-order valence-electron chi connectivity index (χ3n) is 3.77. The highest BCUT2D eigenvalue weighted by atomic mass is 32.1. The van der Waals surface area contributed by atoms with Gasteiger partial charge in [-0.15, -0.1) is 0 Å². The maximum absolute atomic E-state index is 5.77. The summed E-state index contributed by atoms with van der Waals surface area (Å²) in [6, 6.07) is 12.1. The predicted octanol–water partition coefficient (Wildman–Crippen LogP) is 4.46. The van der Waals surface area contributed by atoms with Gasteiger partial charge in [0, 0.05) is 5.92 Å². The summed E-state index contributed by atoms with van der Waals surface area (Å²) in [5, 5.41) is 4.99. The monoisotopic (exact) mass is 297 g/mol. The lowest BCUT2D eigenvalue weighted by Crippen LogP contribution is -1.88. The van der Waals surface area contributed by atoms with Crippen molar-refractivity contribution in [2.24, 2.45) is 11.0 Å². The first-order valence-electron chi connectivity index (χ1n) is 7.04. The van der Waals surface area contributed by atoms with Crippen molar-refractivity contribution in [1.29, 1.82) is 0 Å². The average Bonchev–Trinajstić information content (AvgIpc) is 2.92. The molecular weight excluding hydrogens is 282 g/mol. The fraction of sp³-hybridized carbons (Fsp3) is 0.250. The second-order valence-corrected chi connectivity index (χ2v) is 6.45. The van der Waals surface area contributed by atoms with Gasteiger partial charge in [-0.2, -0.15) is 5.10 Å². The second kappa shape index (κ2) is 5.00. The Morgan fingerprint density at radius 1 is 1.33 bits per heavy atom. The van der Waals surface area contributed by atoms with E-state index in [1.165, 1.54) is 6.42 Å². The summed E-state index contributed by atoms with van der Waals surface area (Å²) in [7, 11) is 0. The molecule has 4 nitrogen and oxygen atoms in total. The number of rotatable bonds is 4.